The second-order valence-electron chi connectivity index (χ2n) is 6.97. The van der Waals surface area contributed by atoms with Gasteiger partial charge in [0.25, 0.3) is 15.9 Å². The van der Waals surface area contributed by atoms with E-state index in [4.69, 9.17) is 14.2 Å². The molecule has 4 rings (SSSR count). The van der Waals surface area contributed by atoms with Crippen molar-refractivity contribution in [3.05, 3.63) is 59.5 Å². The number of sulfonamides is 1. The number of hydrogen-bond acceptors (Lipinski definition) is 8. The maximum Gasteiger partial charge on any atom is 0.310 e. The van der Waals surface area contributed by atoms with Gasteiger partial charge in [-0.25, -0.2) is 18.1 Å². The monoisotopic (exact) mass is 480 g/mol. The maximum atomic E-state index is 14.0. The molecule has 1 aliphatic heterocycles. The van der Waals surface area contributed by atoms with E-state index in [-0.39, 0.29) is 17.3 Å². The number of carbonyl (C=O) groups excluding carboxylic acids is 1. The van der Waals surface area contributed by atoms with Gasteiger partial charge in [0.2, 0.25) is 5.88 Å². The van der Waals surface area contributed by atoms with E-state index in [2.05, 4.69) is 10.1 Å². The molecule has 0 radical (unpaired) electrons. The van der Waals surface area contributed by atoms with E-state index in [1.807, 2.05) is 4.72 Å². The largest absolute Gasteiger partial charge is 0.495 e. The number of benzene rings is 1. The molecule has 0 aliphatic carbocycles. The molecule has 0 saturated carbocycles. The fourth-order valence-electron chi connectivity index (χ4n) is 3.32. The highest BCUT2D eigenvalue weighted by molar-refractivity contribution is 7.90. The molecule has 3 aromatic rings. The minimum absolute atomic E-state index is 0.0942. The van der Waals surface area contributed by atoms with Crippen molar-refractivity contribution in [2.75, 3.05) is 20.8 Å². The van der Waals surface area contributed by atoms with E-state index >= 15 is 0 Å². The zero-order valence-corrected chi connectivity index (χ0v) is 18.2. The number of methoxy groups -OCH3 is 2. The lowest BCUT2D eigenvalue weighted by Crippen LogP contribution is -2.32. The molecule has 0 spiro atoms. The van der Waals surface area contributed by atoms with Crippen LogP contribution in [0.5, 0.6) is 17.4 Å². The van der Waals surface area contributed by atoms with Gasteiger partial charge in [0, 0.05) is 18.0 Å². The Morgan fingerprint density at radius 3 is 2.70 bits per heavy atom. The maximum absolute atomic E-state index is 14.0. The number of rotatable bonds is 7. The Morgan fingerprint density at radius 1 is 1.24 bits per heavy atom. The Balaban J connectivity index is 1.65. The van der Waals surface area contributed by atoms with Crippen LogP contribution in [-0.4, -0.2) is 49.9 Å². The third-order valence-electron chi connectivity index (χ3n) is 4.84. The summed E-state index contributed by atoms with van der Waals surface area (Å²) in [7, 11) is -2.16. The summed E-state index contributed by atoms with van der Waals surface area (Å²) in [6, 6.07) is 6.68. The van der Waals surface area contributed by atoms with E-state index in [1.54, 1.807) is 29.2 Å². The summed E-state index contributed by atoms with van der Waals surface area (Å²) in [6.07, 6.45) is 3.32. The molecule has 10 nitrogen and oxygen atoms in total. The quantitative estimate of drug-likeness (QED) is 0.545. The van der Waals surface area contributed by atoms with Crippen LogP contribution in [0.2, 0.25) is 0 Å². The van der Waals surface area contributed by atoms with Crippen molar-refractivity contribution in [2.45, 2.75) is 17.4 Å². The van der Waals surface area contributed by atoms with Crippen molar-refractivity contribution in [2.24, 2.45) is 0 Å². The normalized spacial score (nSPS) is 14.3. The molecule has 33 heavy (non-hydrogen) atoms. The van der Waals surface area contributed by atoms with E-state index < -0.39 is 44.7 Å². The average molecular weight is 480 g/mol. The number of fused-ring (bicyclic) bond motifs is 1. The summed E-state index contributed by atoms with van der Waals surface area (Å²) in [5, 5.41) is 4.08. The topological polar surface area (TPSA) is 122 Å². The molecule has 0 fully saturated rings. The van der Waals surface area contributed by atoms with Crippen LogP contribution in [0.3, 0.4) is 0 Å². The SMILES string of the molecule is COc1ccc2c(c1S(=O)(=O)NC(=O)c1ccc(Cn3cccn3)c(OC)n1)OCC2(F)F. The lowest BCUT2D eigenvalue weighted by atomic mass is 10.1. The zero-order valence-electron chi connectivity index (χ0n) is 17.4. The number of nitrogens with one attached hydrogen (secondary N) is 1. The molecule has 1 aliphatic rings. The number of halogens is 2. The van der Waals surface area contributed by atoms with Crippen molar-refractivity contribution in [3.8, 4) is 17.4 Å². The van der Waals surface area contributed by atoms with Crippen molar-refractivity contribution in [1.82, 2.24) is 19.5 Å². The molecule has 1 amide bonds. The zero-order chi connectivity index (χ0) is 23.8. The van der Waals surface area contributed by atoms with Gasteiger partial charge in [0.05, 0.1) is 26.3 Å². The Hall–Kier alpha value is -3.74. The van der Waals surface area contributed by atoms with Crippen molar-refractivity contribution >= 4 is 15.9 Å². The number of hydrogen-bond donors (Lipinski definition) is 1. The van der Waals surface area contributed by atoms with Gasteiger partial charge in [-0.15, -0.1) is 0 Å². The standard InChI is InChI=1S/C20H18F2N4O6S/c1-30-15-7-5-13-16(32-11-20(13,21)22)17(15)33(28,29)25-18(27)14-6-4-12(19(24-14)31-2)10-26-9-3-8-23-26/h3-9H,10-11H2,1-2H3,(H,25,27). The van der Waals surface area contributed by atoms with Gasteiger partial charge in [0.15, 0.2) is 17.3 Å². The van der Waals surface area contributed by atoms with Crippen LogP contribution in [0, 0.1) is 0 Å². The number of pyridine rings is 1. The van der Waals surface area contributed by atoms with E-state index in [9.17, 15) is 22.0 Å². The van der Waals surface area contributed by atoms with Gasteiger partial charge in [0.1, 0.15) is 11.4 Å². The van der Waals surface area contributed by atoms with Crippen LogP contribution in [0.25, 0.3) is 0 Å². The average Bonchev–Trinajstić information content (AvgIpc) is 3.40. The highest BCUT2D eigenvalue weighted by Gasteiger charge is 2.45. The lowest BCUT2D eigenvalue weighted by Gasteiger charge is -2.14. The van der Waals surface area contributed by atoms with Gasteiger partial charge in [-0.3, -0.25) is 9.48 Å². The molecule has 13 heteroatoms. The van der Waals surface area contributed by atoms with Gasteiger partial charge >= 0.3 is 5.92 Å². The molecule has 2 aromatic heterocycles. The third-order valence-corrected chi connectivity index (χ3v) is 6.22. The molecule has 174 valence electrons. The fraction of sp³-hybridized carbons (Fsp3) is 0.250. The summed E-state index contributed by atoms with van der Waals surface area (Å²) < 4.78 is 72.7. The number of alkyl halides is 2. The molecular formula is C20H18F2N4O6S. The minimum atomic E-state index is -4.67. The number of amides is 1. The van der Waals surface area contributed by atoms with E-state index in [0.29, 0.717) is 12.1 Å². The van der Waals surface area contributed by atoms with E-state index in [1.165, 1.54) is 20.3 Å². The van der Waals surface area contributed by atoms with Crippen LogP contribution in [0.15, 0.2) is 47.6 Å². The first-order valence-corrected chi connectivity index (χ1v) is 10.9. The Bertz CT molecular complexity index is 1310. The summed E-state index contributed by atoms with van der Waals surface area (Å²) >= 11 is 0. The smallest absolute Gasteiger partial charge is 0.310 e. The summed E-state index contributed by atoms with van der Waals surface area (Å²) in [6.45, 7) is -0.718. The molecule has 0 bridgehead atoms. The molecule has 1 N–H and O–H groups in total. The number of nitrogens with zero attached hydrogens (tertiary/aromatic N) is 3. The Morgan fingerprint density at radius 2 is 2.03 bits per heavy atom. The fourth-order valence-corrected chi connectivity index (χ4v) is 4.60. The predicted octanol–water partition coefficient (Wildman–Crippen LogP) is 1.95. The van der Waals surface area contributed by atoms with Crippen LogP contribution in [0.4, 0.5) is 8.78 Å². The first-order valence-electron chi connectivity index (χ1n) is 9.47. The number of ether oxygens (including phenoxy) is 3. The molecule has 0 saturated heterocycles. The summed E-state index contributed by atoms with van der Waals surface area (Å²) in [5.74, 6) is -5.21. The molecule has 1 aromatic carbocycles. The summed E-state index contributed by atoms with van der Waals surface area (Å²) in [4.78, 5) is 16.1. The summed E-state index contributed by atoms with van der Waals surface area (Å²) in [5.41, 5.74) is -0.282. The number of carbonyl (C=O) groups is 1. The van der Waals surface area contributed by atoms with Crippen molar-refractivity contribution < 1.29 is 36.2 Å². The molecular weight excluding hydrogens is 462 g/mol. The number of aromatic nitrogens is 3. The van der Waals surface area contributed by atoms with Crippen molar-refractivity contribution in [1.29, 1.82) is 0 Å². The lowest BCUT2D eigenvalue weighted by molar-refractivity contribution is -0.0215. The Labute approximate surface area is 187 Å². The van der Waals surface area contributed by atoms with Crippen LogP contribution >= 0.6 is 0 Å². The van der Waals surface area contributed by atoms with Gasteiger partial charge in [-0.2, -0.15) is 13.9 Å². The second kappa shape index (κ2) is 8.31. The first-order chi connectivity index (χ1) is 15.7. The molecule has 0 unspecified atom stereocenters. The van der Waals surface area contributed by atoms with Crippen molar-refractivity contribution in [3.63, 3.8) is 0 Å². The van der Waals surface area contributed by atoms with Crippen LogP contribution in [0.1, 0.15) is 21.6 Å². The molecule has 3 heterocycles. The van der Waals surface area contributed by atoms with Gasteiger partial charge in [-0.1, -0.05) is 0 Å². The highest BCUT2D eigenvalue weighted by Crippen LogP contribution is 2.47. The first kappa shape index (κ1) is 22.5. The Kier molecular flexibility index (Phi) is 5.66. The predicted molar refractivity (Wildman–Crippen MR) is 109 cm³/mol. The van der Waals surface area contributed by atoms with Crippen LogP contribution < -0.4 is 18.9 Å². The van der Waals surface area contributed by atoms with Gasteiger partial charge < -0.3 is 14.2 Å². The van der Waals surface area contributed by atoms with Gasteiger partial charge in [-0.05, 0) is 30.3 Å². The minimum Gasteiger partial charge on any atom is -0.495 e. The molecule has 0 atom stereocenters. The second-order valence-corrected chi connectivity index (χ2v) is 8.59. The van der Waals surface area contributed by atoms with E-state index in [0.717, 1.165) is 12.1 Å². The third kappa shape index (κ3) is 4.18. The highest BCUT2D eigenvalue weighted by atomic mass is 32.2. The van der Waals surface area contributed by atoms with Crippen LogP contribution in [-0.2, 0) is 22.5 Å².